The van der Waals surface area contributed by atoms with Crippen LogP contribution in [0.15, 0.2) is 53.4 Å². The summed E-state index contributed by atoms with van der Waals surface area (Å²) in [6.45, 7) is 4.85. The van der Waals surface area contributed by atoms with Crippen LogP contribution in [0, 0.1) is 6.92 Å². The highest BCUT2D eigenvalue weighted by Gasteiger charge is 2.19. The Hall–Kier alpha value is -2.20. The first kappa shape index (κ1) is 15.7. The fourth-order valence-corrected chi connectivity index (χ4v) is 3.45. The summed E-state index contributed by atoms with van der Waals surface area (Å²) in [6.07, 6.45) is 2.03. The van der Waals surface area contributed by atoms with Gasteiger partial charge in [-0.25, -0.2) is 0 Å². The van der Waals surface area contributed by atoms with Crippen molar-refractivity contribution in [2.75, 3.05) is 11.6 Å². The number of fused-ring (bicyclic) bond motifs is 1. The van der Waals surface area contributed by atoms with Crippen LogP contribution in [0.25, 0.3) is 10.9 Å². The quantitative estimate of drug-likeness (QED) is 0.689. The predicted octanol–water partition coefficient (Wildman–Crippen LogP) is 4.94. The smallest absolute Gasteiger partial charge is 0.272 e. The van der Waals surface area contributed by atoms with Crippen LogP contribution in [-0.2, 0) is 6.54 Å². The molecule has 0 saturated heterocycles. The number of nitrogens with one attached hydrogen (secondary N) is 1. The summed E-state index contributed by atoms with van der Waals surface area (Å²) in [5.74, 6) is -0.0567. The van der Waals surface area contributed by atoms with Crippen LogP contribution in [-0.4, -0.2) is 16.7 Å². The second kappa shape index (κ2) is 6.50. The number of carbonyl (C=O) groups is 1. The van der Waals surface area contributed by atoms with Crippen molar-refractivity contribution < 1.29 is 4.79 Å². The maximum absolute atomic E-state index is 12.8. The van der Waals surface area contributed by atoms with Crippen LogP contribution in [0.5, 0.6) is 0 Å². The molecule has 1 amide bonds. The molecule has 23 heavy (non-hydrogen) atoms. The Morgan fingerprint density at radius 2 is 1.96 bits per heavy atom. The number of thioether (sulfide) groups is 1. The van der Waals surface area contributed by atoms with Crippen molar-refractivity contribution >= 4 is 34.3 Å². The Balaban J connectivity index is 2.02. The molecule has 0 spiro atoms. The zero-order valence-corrected chi connectivity index (χ0v) is 14.4. The van der Waals surface area contributed by atoms with E-state index in [1.165, 1.54) is 0 Å². The average Bonchev–Trinajstić information content (AvgIpc) is 2.87. The molecular weight excluding hydrogens is 304 g/mol. The van der Waals surface area contributed by atoms with Crippen molar-refractivity contribution in [2.45, 2.75) is 25.3 Å². The molecule has 0 bridgehead atoms. The van der Waals surface area contributed by atoms with Crippen molar-refractivity contribution in [1.82, 2.24) is 4.57 Å². The zero-order chi connectivity index (χ0) is 16.4. The number of amides is 1. The van der Waals surface area contributed by atoms with E-state index in [1.54, 1.807) is 11.8 Å². The first-order chi connectivity index (χ1) is 11.2. The van der Waals surface area contributed by atoms with Crippen molar-refractivity contribution in [2.24, 2.45) is 0 Å². The molecule has 1 heterocycles. The van der Waals surface area contributed by atoms with Gasteiger partial charge in [0.25, 0.3) is 5.91 Å². The van der Waals surface area contributed by atoms with Crippen molar-refractivity contribution in [3.05, 3.63) is 59.8 Å². The van der Waals surface area contributed by atoms with Gasteiger partial charge in [0.05, 0.1) is 0 Å². The molecule has 3 rings (SSSR count). The molecule has 0 aliphatic carbocycles. The van der Waals surface area contributed by atoms with Crippen molar-refractivity contribution in [1.29, 1.82) is 0 Å². The predicted molar refractivity (Wildman–Crippen MR) is 98.5 cm³/mol. The van der Waals surface area contributed by atoms with Crippen LogP contribution in [0.3, 0.4) is 0 Å². The molecule has 1 aromatic heterocycles. The third kappa shape index (κ3) is 2.86. The molecule has 1 N–H and O–H groups in total. The molecule has 4 heteroatoms. The fourth-order valence-electron chi connectivity index (χ4n) is 2.99. The lowest BCUT2D eigenvalue weighted by atomic mass is 10.1. The summed E-state index contributed by atoms with van der Waals surface area (Å²) >= 11 is 1.66. The number of para-hydroxylation sites is 1. The Morgan fingerprint density at radius 1 is 1.17 bits per heavy atom. The Labute approximate surface area is 140 Å². The highest BCUT2D eigenvalue weighted by atomic mass is 32.2. The second-order valence-corrected chi connectivity index (χ2v) is 6.30. The highest BCUT2D eigenvalue weighted by molar-refractivity contribution is 7.98. The molecule has 0 radical (unpaired) electrons. The van der Waals surface area contributed by atoms with E-state index in [9.17, 15) is 4.79 Å². The lowest BCUT2D eigenvalue weighted by Gasteiger charge is -2.10. The fraction of sp³-hybridized carbons (Fsp3) is 0.211. The molecule has 0 saturated carbocycles. The van der Waals surface area contributed by atoms with Gasteiger partial charge in [0.2, 0.25) is 0 Å². The number of carbonyl (C=O) groups excluding carboxylic acids is 1. The number of aromatic nitrogens is 1. The lowest BCUT2D eigenvalue weighted by Crippen LogP contribution is -2.17. The summed E-state index contributed by atoms with van der Waals surface area (Å²) < 4.78 is 2.08. The summed E-state index contributed by atoms with van der Waals surface area (Å²) in [5, 5.41) is 4.17. The minimum Gasteiger partial charge on any atom is -0.337 e. The van der Waals surface area contributed by atoms with Crippen LogP contribution in [0.4, 0.5) is 5.69 Å². The monoisotopic (exact) mass is 324 g/mol. The average molecular weight is 324 g/mol. The Morgan fingerprint density at radius 3 is 2.70 bits per heavy atom. The number of hydrogen-bond acceptors (Lipinski definition) is 2. The van der Waals surface area contributed by atoms with Crippen molar-refractivity contribution in [3.63, 3.8) is 0 Å². The molecule has 0 atom stereocenters. The van der Waals surface area contributed by atoms with E-state index in [1.807, 2.05) is 49.6 Å². The van der Waals surface area contributed by atoms with Gasteiger partial charge in [-0.2, -0.15) is 0 Å². The first-order valence-electron chi connectivity index (χ1n) is 7.69. The third-order valence-corrected chi connectivity index (χ3v) is 4.81. The maximum atomic E-state index is 12.8. The van der Waals surface area contributed by atoms with E-state index in [-0.39, 0.29) is 5.91 Å². The Bertz CT molecular complexity index is 867. The largest absolute Gasteiger partial charge is 0.337 e. The molecule has 3 aromatic rings. The van der Waals surface area contributed by atoms with Gasteiger partial charge in [-0.05, 0) is 49.9 Å². The molecule has 3 nitrogen and oxygen atoms in total. The first-order valence-corrected chi connectivity index (χ1v) is 8.91. The van der Waals surface area contributed by atoms with Gasteiger partial charge in [0.1, 0.15) is 5.69 Å². The van der Waals surface area contributed by atoms with Gasteiger partial charge in [0, 0.05) is 28.0 Å². The van der Waals surface area contributed by atoms with Crippen LogP contribution >= 0.6 is 11.8 Å². The summed E-state index contributed by atoms with van der Waals surface area (Å²) in [4.78, 5) is 14.0. The van der Waals surface area contributed by atoms with E-state index in [2.05, 4.69) is 28.9 Å². The van der Waals surface area contributed by atoms with Gasteiger partial charge in [-0.3, -0.25) is 4.79 Å². The third-order valence-electron chi connectivity index (χ3n) is 4.08. The number of benzene rings is 2. The summed E-state index contributed by atoms with van der Waals surface area (Å²) in [7, 11) is 0. The minimum absolute atomic E-state index is 0.0567. The van der Waals surface area contributed by atoms with E-state index >= 15 is 0 Å². The minimum atomic E-state index is -0.0567. The maximum Gasteiger partial charge on any atom is 0.272 e. The SMILES string of the molecule is CCn1c(C(=O)Nc2cccc(SC)c2)c(C)c2ccccc21. The zero-order valence-electron chi connectivity index (χ0n) is 13.6. The molecule has 0 unspecified atom stereocenters. The highest BCUT2D eigenvalue weighted by Crippen LogP contribution is 2.27. The van der Waals surface area contributed by atoms with E-state index < -0.39 is 0 Å². The van der Waals surface area contributed by atoms with E-state index in [0.29, 0.717) is 0 Å². The normalized spacial score (nSPS) is 10.9. The second-order valence-electron chi connectivity index (χ2n) is 5.42. The molecule has 0 fully saturated rings. The van der Waals surface area contributed by atoms with Crippen LogP contribution in [0.2, 0.25) is 0 Å². The van der Waals surface area contributed by atoms with E-state index in [0.717, 1.165) is 39.3 Å². The van der Waals surface area contributed by atoms with Crippen LogP contribution < -0.4 is 5.32 Å². The molecule has 2 aromatic carbocycles. The van der Waals surface area contributed by atoms with Gasteiger partial charge in [0.15, 0.2) is 0 Å². The summed E-state index contributed by atoms with van der Waals surface area (Å²) in [6, 6.07) is 16.1. The molecule has 0 aliphatic rings. The number of hydrogen-bond donors (Lipinski definition) is 1. The van der Waals surface area contributed by atoms with Crippen LogP contribution in [0.1, 0.15) is 23.0 Å². The van der Waals surface area contributed by atoms with Crippen molar-refractivity contribution in [3.8, 4) is 0 Å². The van der Waals surface area contributed by atoms with Gasteiger partial charge in [-0.15, -0.1) is 11.8 Å². The topological polar surface area (TPSA) is 34.0 Å². The molecule has 0 aliphatic heterocycles. The number of aryl methyl sites for hydroxylation is 2. The van der Waals surface area contributed by atoms with Gasteiger partial charge >= 0.3 is 0 Å². The standard InChI is InChI=1S/C19H20N2OS/c1-4-21-17-11-6-5-10-16(17)13(2)18(21)19(22)20-14-8-7-9-15(12-14)23-3/h5-12H,4H2,1-3H3,(H,20,22). The van der Waals surface area contributed by atoms with Gasteiger partial charge in [-0.1, -0.05) is 24.3 Å². The summed E-state index contributed by atoms with van der Waals surface area (Å²) in [5.41, 5.74) is 3.70. The van der Waals surface area contributed by atoms with E-state index in [4.69, 9.17) is 0 Å². The molecule has 118 valence electrons. The van der Waals surface area contributed by atoms with Gasteiger partial charge < -0.3 is 9.88 Å². The molecular formula is C19H20N2OS. The number of rotatable bonds is 4. The Kier molecular flexibility index (Phi) is 4.44. The number of anilines is 1. The number of nitrogens with zero attached hydrogens (tertiary/aromatic N) is 1. The lowest BCUT2D eigenvalue weighted by molar-refractivity contribution is 0.101.